The summed E-state index contributed by atoms with van der Waals surface area (Å²) in [6, 6.07) is 9.66. The molecule has 2 aliphatic heterocycles. The van der Waals surface area contributed by atoms with Gasteiger partial charge in [0, 0.05) is 55.5 Å². The first-order valence-corrected chi connectivity index (χ1v) is 8.68. The van der Waals surface area contributed by atoms with Crippen LogP contribution >= 0.6 is 0 Å². The molecule has 2 fully saturated rings. The third-order valence-corrected chi connectivity index (χ3v) is 5.15. The van der Waals surface area contributed by atoms with Gasteiger partial charge in [-0.2, -0.15) is 0 Å². The lowest BCUT2D eigenvalue weighted by Crippen LogP contribution is -2.29. The van der Waals surface area contributed by atoms with Crippen LogP contribution < -0.4 is 14.5 Å². The van der Waals surface area contributed by atoms with Crippen LogP contribution in [-0.4, -0.2) is 43.8 Å². The summed E-state index contributed by atoms with van der Waals surface area (Å²) in [5.41, 5.74) is 1.46. The average molecular weight is 377 g/mol. The fourth-order valence-corrected chi connectivity index (χ4v) is 3.90. The molecule has 5 nitrogen and oxygen atoms in total. The zero-order valence-electron chi connectivity index (χ0n) is 14.4. The Morgan fingerprint density at radius 3 is 2.11 bits per heavy atom. The summed E-state index contributed by atoms with van der Waals surface area (Å²) in [7, 11) is 0. The number of benzene rings is 1. The summed E-state index contributed by atoms with van der Waals surface area (Å²) in [6.07, 6.45) is -2.32. The van der Waals surface area contributed by atoms with Gasteiger partial charge in [0.25, 0.3) is 0 Å². The van der Waals surface area contributed by atoms with E-state index in [1.165, 1.54) is 12.1 Å². The monoisotopic (exact) mass is 377 g/mol. The number of halogens is 3. The largest absolute Gasteiger partial charge is 0.573 e. The summed E-state index contributed by atoms with van der Waals surface area (Å²) in [5.74, 6) is 1.61. The molecule has 2 saturated heterocycles. The molecule has 2 aromatic rings. The molecule has 0 saturated carbocycles. The molecule has 0 spiro atoms. The van der Waals surface area contributed by atoms with Gasteiger partial charge in [-0.3, -0.25) is 4.79 Å². The van der Waals surface area contributed by atoms with Crippen molar-refractivity contribution in [1.29, 1.82) is 0 Å². The minimum atomic E-state index is -4.67. The van der Waals surface area contributed by atoms with Crippen LogP contribution in [-0.2, 0) is 0 Å². The van der Waals surface area contributed by atoms with Crippen LogP contribution in [0.25, 0.3) is 0 Å². The third kappa shape index (κ3) is 3.84. The van der Waals surface area contributed by atoms with Crippen LogP contribution in [0.3, 0.4) is 0 Å². The first-order chi connectivity index (χ1) is 12.9. The summed E-state index contributed by atoms with van der Waals surface area (Å²) in [5, 5.41) is 0. The van der Waals surface area contributed by atoms with Crippen LogP contribution in [0, 0.1) is 11.8 Å². The van der Waals surface area contributed by atoms with Gasteiger partial charge in [-0.25, -0.2) is 4.98 Å². The molecule has 0 radical (unpaired) electrons. The Bertz CT molecular complexity index is 794. The van der Waals surface area contributed by atoms with Gasteiger partial charge in [-0.1, -0.05) is 0 Å². The number of carbonyl (C=O) groups excluding carboxylic acids is 1. The van der Waals surface area contributed by atoms with Crippen LogP contribution in [0.1, 0.15) is 10.4 Å². The predicted molar refractivity (Wildman–Crippen MR) is 94.2 cm³/mol. The Kier molecular flexibility index (Phi) is 4.41. The first kappa shape index (κ1) is 17.6. The van der Waals surface area contributed by atoms with Crippen LogP contribution in [0.4, 0.5) is 24.7 Å². The van der Waals surface area contributed by atoms with Crippen molar-refractivity contribution in [2.75, 3.05) is 36.0 Å². The summed E-state index contributed by atoms with van der Waals surface area (Å²) >= 11 is 0. The summed E-state index contributed by atoms with van der Waals surface area (Å²) < 4.78 is 40.7. The maximum Gasteiger partial charge on any atom is 0.573 e. The highest BCUT2D eigenvalue weighted by Crippen LogP contribution is 2.36. The lowest BCUT2D eigenvalue weighted by atomic mass is 10.0. The van der Waals surface area contributed by atoms with Crippen molar-refractivity contribution < 1.29 is 22.7 Å². The van der Waals surface area contributed by atoms with E-state index >= 15 is 0 Å². The molecular formula is C19H18F3N3O2. The molecule has 2 unspecified atom stereocenters. The van der Waals surface area contributed by atoms with Gasteiger partial charge >= 0.3 is 6.36 Å². The van der Waals surface area contributed by atoms with Gasteiger partial charge in [-0.05, 0) is 36.4 Å². The standard InChI is InChI=1S/C19H18F3N3O2/c20-19(21,22)27-17-4-2-16(3-5-17)24-8-14-10-25(11-15(14)9-24)18-6-1-13(12-26)7-23-18/h1-7,12,14-15H,8-11H2. The molecular weight excluding hydrogens is 359 g/mol. The summed E-state index contributed by atoms with van der Waals surface area (Å²) in [6.45, 7) is 3.47. The quantitative estimate of drug-likeness (QED) is 0.765. The van der Waals surface area contributed by atoms with Crippen molar-refractivity contribution in [3.63, 3.8) is 0 Å². The highest BCUT2D eigenvalue weighted by Gasteiger charge is 2.40. The van der Waals surface area contributed by atoms with Gasteiger partial charge in [0.2, 0.25) is 0 Å². The van der Waals surface area contributed by atoms with Crippen LogP contribution in [0.5, 0.6) is 5.75 Å². The number of alkyl halides is 3. The van der Waals surface area contributed by atoms with Crippen molar-refractivity contribution in [1.82, 2.24) is 4.98 Å². The van der Waals surface area contributed by atoms with Gasteiger partial charge in [0.15, 0.2) is 6.29 Å². The number of pyridine rings is 1. The van der Waals surface area contributed by atoms with E-state index in [-0.39, 0.29) is 5.75 Å². The number of anilines is 2. The number of rotatable bonds is 4. The predicted octanol–water partition coefficient (Wildman–Crippen LogP) is 3.37. The third-order valence-electron chi connectivity index (χ3n) is 5.15. The van der Waals surface area contributed by atoms with Gasteiger partial charge < -0.3 is 14.5 Å². The van der Waals surface area contributed by atoms with Crippen molar-refractivity contribution >= 4 is 17.8 Å². The molecule has 0 bridgehead atoms. The molecule has 1 aromatic carbocycles. The minimum Gasteiger partial charge on any atom is -0.406 e. The second kappa shape index (κ2) is 6.75. The van der Waals surface area contributed by atoms with Crippen LogP contribution in [0.15, 0.2) is 42.6 Å². The Morgan fingerprint density at radius 1 is 0.963 bits per heavy atom. The number of hydrogen-bond acceptors (Lipinski definition) is 5. The molecule has 142 valence electrons. The molecule has 0 aliphatic carbocycles. The number of aldehydes is 1. The molecule has 3 heterocycles. The second-order valence-electron chi connectivity index (χ2n) is 6.94. The maximum atomic E-state index is 12.3. The van der Waals surface area contributed by atoms with E-state index in [0.717, 1.165) is 44.0 Å². The van der Waals surface area contributed by atoms with Crippen molar-refractivity contribution in [2.45, 2.75) is 6.36 Å². The van der Waals surface area contributed by atoms with E-state index in [0.29, 0.717) is 17.4 Å². The van der Waals surface area contributed by atoms with E-state index in [2.05, 4.69) is 19.5 Å². The van der Waals surface area contributed by atoms with Gasteiger partial charge in [0.05, 0.1) is 0 Å². The van der Waals surface area contributed by atoms with Gasteiger partial charge in [-0.15, -0.1) is 13.2 Å². The highest BCUT2D eigenvalue weighted by molar-refractivity contribution is 5.74. The number of ether oxygens (including phenoxy) is 1. The molecule has 2 atom stereocenters. The Balaban J connectivity index is 1.37. The topological polar surface area (TPSA) is 45.7 Å². The lowest BCUT2D eigenvalue weighted by Gasteiger charge is -2.24. The normalized spacial score (nSPS) is 22.0. The Morgan fingerprint density at radius 2 is 1.59 bits per heavy atom. The van der Waals surface area contributed by atoms with Crippen molar-refractivity contribution in [2.24, 2.45) is 11.8 Å². The molecule has 1 aromatic heterocycles. The van der Waals surface area contributed by atoms with E-state index in [9.17, 15) is 18.0 Å². The number of nitrogens with zero attached hydrogens (tertiary/aromatic N) is 3. The number of aromatic nitrogens is 1. The van der Waals surface area contributed by atoms with E-state index < -0.39 is 6.36 Å². The van der Waals surface area contributed by atoms with Crippen LogP contribution in [0.2, 0.25) is 0 Å². The molecule has 4 rings (SSSR count). The number of fused-ring (bicyclic) bond motifs is 1. The molecule has 8 heteroatoms. The van der Waals surface area contributed by atoms with Crippen molar-refractivity contribution in [3.8, 4) is 5.75 Å². The fourth-order valence-electron chi connectivity index (χ4n) is 3.90. The number of hydrogen-bond donors (Lipinski definition) is 0. The smallest absolute Gasteiger partial charge is 0.406 e. The molecule has 27 heavy (non-hydrogen) atoms. The second-order valence-corrected chi connectivity index (χ2v) is 6.94. The van der Waals surface area contributed by atoms with Gasteiger partial charge in [0.1, 0.15) is 11.6 Å². The zero-order chi connectivity index (χ0) is 19.0. The average Bonchev–Trinajstić information content (AvgIpc) is 3.20. The Hall–Kier alpha value is -2.77. The number of carbonyl (C=O) groups is 1. The lowest BCUT2D eigenvalue weighted by molar-refractivity contribution is -0.274. The van der Waals surface area contributed by atoms with Crippen molar-refractivity contribution in [3.05, 3.63) is 48.2 Å². The fraction of sp³-hybridized carbons (Fsp3) is 0.368. The molecule has 2 aliphatic rings. The molecule has 0 amide bonds. The SMILES string of the molecule is O=Cc1ccc(N2CC3CN(c4ccc(OC(F)(F)F)cc4)CC3C2)nc1. The minimum absolute atomic E-state index is 0.207. The van der Waals surface area contributed by atoms with E-state index in [1.807, 2.05) is 6.07 Å². The Labute approximate surface area is 154 Å². The highest BCUT2D eigenvalue weighted by atomic mass is 19.4. The molecule has 0 N–H and O–H groups in total. The maximum absolute atomic E-state index is 12.3. The summed E-state index contributed by atoms with van der Waals surface area (Å²) in [4.78, 5) is 19.5. The first-order valence-electron chi connectivity index (χ1n) is 8.68. The zero-order valence-corrected chi connectivity index (χ0v) is 14.4. The van der Waals surface area contributed by atoms with E-state index in [1.54, 1.807) is 24.4 Å². The van der Waals surface area contributed by atoms with E-state index in [4.69, 9.17) is 0 Å².